The third kappa shape index (κ3) is 9.45. The Morgan fingerprint density at radius 2 is 1.80 bits per heavy atom. The van der Waals surface area contributed by atoms with Crippen LogP contribution in [-0.4, -0.2) is 79.6 Å². The molecule has 0 amide bonds. The molecular formula is C58H75N3O6S2. The molecule has 9 nitrogen and oxygen atoms in total. The first-order valence-corrected chi connectivity index (χ1v) is 28.8. The van der Waals surface area contributed by atoms with E-state index in [0.29, 0.717) is 54.8 Å². The molecule has 0 radical (unpaired) electrons. The lowest BCUT2D eigenvalue weighted by molar-refractivity contribution is -0.0507. The molecule has 370 valence electrons. The Balaban J connectivity index is 1.03. The van der Waals surface area contributed by atoms with Crippen LogP contribution < -0.4 is 15.8 Å². The van der Waals surface area contributed by atoms with E-state index in [0.717, 1.165) is 85.8 Å². The quantitative estimate of drug-likeness (QED) is 0.0589. The molecule has 69 heavy (non-hydrogen) atoms. The summed E-state index contributed by atoms with van der Waals surface area (Å²) in [6.45, 7) is 5.07. The van der Waals surface area contributed by atoms with Crippen molar-refractivity contribution in [3.8, 4) is 23.3 Å². The summed E-state index contributed by atoms with van der Waals surface area (Å²) < 4.78 is 6.97. The van der Waals surface area contributed by atoms with E-state index in [9.17, 15) is 25.5 Å². The number of rotatable bonds is 9. The van der Waals surface area contributed by atoms with Gasteiger partial charge >= 0.3 is 0 Å². The fraction of sp³-hybridized carbons (Fsp3) is 0.586. The third-order valence-electron chi connectivity index (χ3n) is 18.3. The van der Waals surface area contributed by atoms with Crippen LogP contribution in [0.4, 0.5) is 0 Å². The van der Waals surface area contributed by atoms with Gasteiger partial charge in [-0.1, -0.05) is 115 Å². The van der Waals surface area contributed by atoms with Crippen molar-refractivity contribution in [2.24, 2.45) is 58.0 Å². The van der Waals surface area contributed by atoms with E-state index in [1.54, 1.807) is 21.6 Å². The van der Waals surface area contributed by atoms with Crippen LogP contribution in [0.1, 0.15) is 113 Å². The topological polar surface area (TPSA) is 164 Å². The summed E-state index contributed by atoms with van der Waals surface area (Å²) in [5.41, 5.74) is 14.4. The number of ether oxygens (including phenoxy) is 1. The van der Waals surface area contributed by atoms with Crippen molar-refractivity contribution in [2.45, 2.75) is 134 Å². The summed E-state index contributed by atoms with van der Waals surface area (Å²) >= 11 is 0. The maximum atomic E-state index is 12.8. The fourth-order valence-electron chi connectivity index (χ4n) is 14.8. The molecule has 7 aliphatic rings. The molecule has 1 spiro atoms. The first-order chi connectivity index (χ1) is 33.5. The van der Waals surface area contributed by atoms with Crippen LogP contribution in [0.5, 0.6) is 11.5 Å². The Kier molecular flexibility index (Phi) is 14.7. The molecule has 3 aromatic rings. The molecule has 3 fully saturated rings. The number of aromatic hydroxyl groups is 1. The van der Waals surface area contributed by atoms with Crippen molar-refractivity contribution in [3.63, 3.8) is 0 Å². The molecule has 1 aromatic heterocycles. The molecular weight excluding hydrogens is 899 g/mol. The normalized spacial score (nSPS) is 34.7. The monoisotopic (exact) mass is 974 g/mol. The summed E-state index contributed by atoms with van der Waals surface area (Å²) in [6.07, 6.45) is 16.1. The lowest BCUT2D eigenvalue weighted by atomic mass is 9.53. The number of fused-ring (bicyclic) bond motifs is 6. The number of allylic oxidation sites excluding steroid dienone is 3. The Morgan fingerprint density at radius 1 is 0.971 bits per heavy atom. The largest absolute Gasteiger partial charge is 0.504 e. The molecule has 2 saturated carbocycles. The number of phenolic OH excluding ortho intramolecular Hbond substituents is 1. The highest BCUT2D eigenvalue weighted by molar-refractivity contribution is 8.76. The van der Waals surface area contributed by atoms with Crippen molar-refractivity contribution in [1.29, 1.82) is 0 Å². The van der Waals surface area contributed by atoms with Crippen LogP contribution in [0.2, 0.25) is 0 Å². The minimum Gasteiger partial charge on any atom is -0.504 e. The van der Waals surface area contributed by atoms with Crippen molar-refractivity contribution in [1.82, 2.24) is 10.3 Å². The number of aromatic amines is 1. The number of H-pyrrole nitrogens is 1. The second-order valence-corrected chi connectivity index (χ2v) is 24.5. The molecule has 5 aliphatic carbocycles. The van der Waals surface area contributed by atoms with Crippen molar-refractivity contribution >= 4 is 21.6 Å². The highest BCUT2D eigenvalue weighted by atomic mass is 33.1. The summed E-state index contributed by atoms with van der Waals surface area (Å²) in [4.78, 5) is 3.39. The van der Waals surface area contributed by atoms with Gasteiger partial charge in [0.05, 0.1) is 18.3 Å². The average molecular weight is 974 g/mol. The molecule has 2 aliphatic heterocycles. The van der Waals surface area contributed by atoms with Crippen LogP contribution in [0, 0.1) is 64.1 Å². The minimum absolute atomic E-state index is 0.0197. The van der Waals surface area contributed by atoms with Crippen molar-refractivity contribution in [3.05, 3.63) is 118 Å². The van der Waals surface area contributed by atoms with Gasteiger partial charge in [0, 0.05) is 71.2 Å². The van der Waals surface area contributed by atoms with E-state index in [-0.39, 0.29) is 52.8 Å². The second-order valence-electron chi connectivity index (χ2n) is 22.0. The SMILES string of the molecule is CCC1Cc2cc(O)c(OC3CC(Cc4ccc[nH]4)C4=CCNC(N)=C4CSSCC(CO)C3O)cc2C2CC(O)C3C(C#CC4(C(C)Cc5ccccc5)CCCC(CC45CCCC5)C3O)C=C12. The van der Waals surface area contributed by atoms with Crippen LogP contribution in [0.15, 0.2) is 95.5 Å². The maximum absolute atomic E-state index is 12.8. The highest BCUT2D eigenvalue weighted by Crippen LogP contribution is 2.64. The number of benzene rings is 2. The zero-order valence-corrected chi connectivity index (χ0v) is 42.3. The molecule has 3 heterocycles. The summed E-state index contributed by atoms with van der Waals surface area (Å²) in [5, 5.41) is 63.8. The van der Waals surface area contributed by atoms with E-state index >= 15 is 0 Å². The standard InChI is InChI=1S/C58H75N3O6S2/c1-3-37-24-40-27-49(63)51(67-52-28-41(25-43-14-10-21-60-43)44-16-22-61-56(59)48(44)34-69-68-33-42(32-62)54(52)65)30-46(40)47-29-50(64)53-38(26-45(37)47)15-20-58(35(2)23-36-11-5-4-6-12-36)19-9-13-39(55(53)66)31-57(58)17-7-8-18-57/h4-6,10-12,14,16,21,26-27,30,35,37-39,41-42,47,50,52-55,60-66H,3,7-9,13,17-19,22-25,28-29,31-34,59H2,1-2H3. The minimum atomic E-state index is -1.03. The number of aromatic nitrogens is 1. The molecule has 13 unspecified atom stereocenters. The molecule has 9 N–H and O–H groups in total. The number of aliphatic hydroxyl groups excluding tert-OH is 4. The van der Waals surface area contributed by atoms with E-state index in [4.69, 9.17) is 10.5 Å². The molecule has 2 bridgehead atoms. The van der Waals surface area contributed by atoms with Gasteiger partial charge in [-0.05, 0) is 146 Å². The molecule has 2 aromatic carbocycles. The molecule has 13 atom stereocenters. The lowest BCUT2D eigenvalue weighted by Gasteiger charge is -2.50. The van der Waals surface area contributed by atoms with Gasteiger partial charge < -0.3 is 46.3 Å². The highest BCUT2D eigenvalue weighted by Gasteiger charge is 2.58. The van der Waals surface area contributed by atoms with Gasteiger partial charge in [0.15, 0.2) is 11.5 Å². The number of hydrogen-bond donors (Lipinski definition) is 8. The Labute approximate surface area is 418 Å². The zero-order chi connectivity index (χ0) is 47.9. The maximum Gasteiger partial charge on any atom is 0.161 e. The van der Waals surface area contributed by atoms with Gasteiger partial charge in [0.25, 0.3) is 0 Å². The third-order valence-corrected chi connectivity index (χ3v) is 20.7. The Hall–Kier alpha value is -3.76. The summed E-state index contributed by atoms with van der Waals surface area (Å²) in [7, 11) is 3.29. The van der Waals surface area contributed by atoms with Crippen LogP contribution >= 0.6 is 21.6 Å². The smallest absolute Gasteiger partial charge is 0.161 e. The molecule has 10 rings (SSSR count). The predicted molar refractivity (Wildman–Crippen MR) is 278 cm³/mol. The first-order valence-electron chi connectivity index (χ1n) is 26.3. The van der Waals surface area contributed by atoms with Gasteiger partial charge in [-0.15, -0.1) is 0 Å². The lowest BCUT2D eigenvalue weighted by Crippen LogP contribution is -2.46. The van der Waals surface area contributed by atoms with E-state index in [2.05, 4.69) is 84.5 Å². The van der Waals surface area contributed by atoms with E-state index < -0.39 is 36.3 Å². The van der Waals surface area contributed by atoms with Crippen LogP contribution in [0.25, 0.3) is 0 Å². The first kappa shape index (κ1) is 48.8. The fourth-order valence-corrected chi connectivity index (χ4v) is 17.3. The zero-order valence-electron chi connectivity index (χ0n) is 40.6. The number of dihydropyridines is 1. The van der Waals surface area contributed by atoms with Crippen molar-refractivity contribution in [2.75, 3.05) is 24.7 Å². The summed E-state index contributed by atoms with van der Waals surface area (Å²) in [6, 6.07) is 18.8. The average Bonchev–Trinajstić information content (AvgIpc) is 3.99. The van der Waals surface area contributed by atoms with Gasteiger partial charge in [0.2, 0.25) is 0 Å². The number of phenols is 1. The Morgan fingerprint density at radius 3 is 2.57 bits per heavy atom. The predicted octanol–water partition coefficient (Wildman–Crippen LogP) is 9.36. The van der Waals surface area contributed by atoms with Gasteiger partial charge in [-0.2, -0.15) is 0 Å². The number of nitrogens with one attached hydrogen (secondary N) is 2. The van der Waals surface area contributed by atoms with E-state index in [1.807, 2.05) is 24.4 Å². The van der Waals surface area contributed by atoms with Gasteiger partial charge in [-0.3, -0.25) is 0 Å². The second kappa shape index (κ2) is 20.8. The van der Waals surface area contributed by atoms with Crippen LogP contribution in [0.3, 0.4) is 0 Å². The van der Waals surface area contributed by atoms with Crippen molar-refractivity contribution < 1.29 is 30.3 Å². The van der Waals surface area contributed by atoms with E-state index in [1.165, 1.54) is 24.0 Å². The van der Waals surface area contributed by atoms with Gasteiger partial charge in [-0.25, -0.2) is 0 Å². The molecule has 11 heteroatoms. The summed E-state index contributed by atoms with van der Waals surface area (Å²) in [5.74, 6) is 9.45. The van der Waals surface area contributed by atoms with Crippen LogP contribution in [-0.2, 0) is 19.3 Å². The molecule has 1 saturated heterocycles. The number of hydrogen-bond acceptors (Lipinski definition) is 10. The number of nitrogens with two attached hydrogens (primary N) is 1. The number of aliphatic hydroxyl groups is 4. The Bertz CT molecular complexity index is 2440. The van der Waals surface area contributed by atoms with Gasteiger partial charge in [0.1, 0.15) is 11.9 Å².